The first-order valence-corrected chi connectivity index (χ1v) is 5.20. The molecule has 2 bridgehead atoms. The molecule has 13 heavy (non-hydrogen) atoms. The lowest BCUT2D eigenvalue weighted by Gasteiger charge is -2.37. The molecule has 0 aromatic heterocycles. The van der Waals surface area contributed by atoms with Gasteiger partial charge in [-0.15, -0.1) is 0 Å². The third-order valence-electron chi connectivity index (χ3n) is 3.47. The molecule has 0 radical (unpaired) electrons. The lowest BCUT2D eigenvalue weighted by atomic mass is 9.92. The van der Waals surface area contributed by atoms with Gasteiger partial charge in [0.25, 0.3) is 6.43 Å². The van der Waals surface area contributed by atoms with E-state index in [9.17, 15) is 8.78 Å². The molecule has 0 unspecified atom stereocenters. The first kappa shape index (κ1) is 9.38. The van der Waals surface area contributed by atoms with Crippen molar-refractivity contribution in [1.29, 1.82) is 0 Å². The van der Waals surface area contributed by atoms with Gasteiger partial charge in [-0.3, -0.25) is 4.90 Å². The Labute approximate surface area is 78.1 Å². The highest BCUT2D eigenvalue weighted by molar-refractivity contribution is 4.94. The van der Waals surface area contributed by atoms with Crippen LogP contribution in [0, 0.1) is 5.92 Å². The molecular formula is C10H17F2N. The van der Waals surface area contributed by atoms with Crippen LogP contribution in [0.3, 0.4) is 0 Å². The van der Waals surface area contributed by atoms with E-state index in [0.717, 1.165) is 31.6 Å². The Morgan fingerprint density at radius 2 is 1.77 bits per heavy atom. The second-order valence-electron chi connectivity index (χ2n) is 4.55. The van der Waals surface area contributed by atoms with Crippen molar-refractivity contribution in [2.75, 3.05) is 6.54 Å². The fraction of sp³-hybridized carbons (Fsp3) is 1.00. The van der Waals surface area contributed by atoms with E-state index >= 15 is 0 Å². The summed E-state index contributed by atoms with van der Waals surface area (Å²) in [6.45, 7) is 2.24. The molecular weight excluding hydrogens is 172 g/mol. The van der Waals surface area contributed by atoms with E-state index in [1.807, 2.05) is 4.90 Å². The molecule has 0 aliphatic carbocycles. The van der Waals surface area contributed by atoms with E-state index in [1.165, 1.54) is 0 Å². The number of halogens is 2. The maximum absolute atomic E-state index is 12.2. The van der Waals surface area contributed by atoms with Crippen molar-refractivity contribution in [2.24, 2.45) is 5.92 Å². The standard InChI is InChI=1S/C10H17F2N/c1-7-4-8-2-3-9(5-7)13(8)6-10(11)12/h7-10H,2-6H2,1H3/t7-,8+,9-. The number of fused-ring (bicyclic) bond motifs is 2. The maximum Gasteiger partial charge on any atom is 0.251 e. The Hall–Kier alpha value is -0.180. The predicted molar refractivity (Wildman–Crippen MR) is 47.9 cm³/mol. The summed E-state index contributed by atoms with van der Waals surface area (Å²) in [5.74, 6) is 0.742. The lowest BCUT2D eigenvalue weighted by Crippen LogP contribution is -2.44. The van der Waals surface area contributed by atoms with Gasteiger partial charge in [0.2, 0.25) is 0 Å². The van der Waals surface area contributed by atoms with Crippen LogP contribution >= 0.6 is 0 Å². The zero-order chi connectivity index (χ0) is 9.42. The summed E-state index contributed by atoms with van der Waals surface area (Å²) in [7, 11) is 0. The molecule has 2 saturated heterocycles. The maximum atomic E-state index is 12.2. The van der Waals surface area contributed by atoms with Gasteiger partial charge in [-0.05, 0) is 31.6 Å². The summed E-state index contributed by atoms with van der Waals surface area (Å²) in [6, 6.07) is 0.922. The molecule has 2 heterocycles. The summed E-state index contributed by atoms with van der Waals surface area (Å²) < 4.78 is 24.5. The van der Waals surface area contributed by atoms with Gasteiger partial charge >= 0.3 is 0 Å². The smallest absolute Gasteiger partial charge is 0.251 e. The van der Waals surface area contributed by atoms with Crippen molar-refractivity contribution >= 4 is 0 Å². The number of hydrogen-bond acceptors (Lipinski definition) is 1. The van der Waals surface area contributed by atoms with Crippen LogP contribution in [0.1, 0.15) is 32.6 Å². The summed E-state index contributed by atoms with van der Waals surface area (Å²) in [5.41, 5.74) is 0. The Kier molecular flexibility index (Phi) is 2.54. The zero-order valence-corrected chi connectivity index (χ0v) is 8.05. The van der Waals surface area contributed by atoms with Crippen LogP contribution in [0.5, 0.6) is 0 Å². The van der Waals surface area contributed by atoms with Crippen LogP contribution in [0.15, 0.2) is 0 Å². The van der Waals surface area contributed by atoms with E-state index in [-0.39, 0.29) is 6.54 Å². The minimum atomic E-state index is -2.16. The van der Waals surface area contributed by atoms with E-state index in [4.69, 9.17) is 0 Å². The first-order chi connectivity index (χ1) is 6.16. The molecule has 0 N–H and O–H groups in total. The van der Waals surface area contributed by atoms with E-state index in [1.54, 1.807) is 0 Å². The number of alkyl halides is 2. The molecule has 2 aliphatic rings. The molecule has 76 valence electrons. The second-order valence-corrected chi connectivity index (χ2v) is 4.55. The average molecular weight is 189 g/mol. The summed E-state index contributed by atoms with van der Waals surface area (Å²) in [5, 5.41) is 0. The van der Waals surface area contributed by atoms with Gasteiger partial charge in [0, 0.05) is 12.1 Å². The molecule has 0 amide bonds. The Bertz CT molecular complexity index is 170. The van der Waals surface area contributed by atoms with Crippen molar-refractivity contribution in [2.45, 2.75) is 51.1 Å². The van der Waals surface area contributed by atoms with E-state index in [0.29, 0.717) is 12.1 Å². The largest absolute Gasteiger partial charge is 0.292 e. The SMILES string of the molecule is C[C@H]1C[C@H]2CC[C@@H](C1)N2CC(F)F. The molecule has 0 aromatic carbocycles. The van der Waals surface area contributed by atoms with Crippen molar-refractivity contribution in [3.8, 4) is 0 Å². The number of hydrogen-bond donors (Lipinski definition) is 0. The highest BCUT2D eigenvalue weighted by Gasteiger charge is 2.39. The van der Waals surface area contributed by atoms with Crippen molar-refractivity contribution in [3.05, 3.63) is 0 Å². The van der Waals surface area contributed by atoms with Crippen molar-refractivity contribution in [3.63, 3.8) is 0 Å². The van der Waals surface area contributed by atoms with E-state index in [2.05, 4.69) is 6.92 Å². The van der Waals surface area contributed by atoms with Crippen LogP contribution in [0.2, 0.25) is 0 Å². The molecule has 2 aliphatic heterocycles. The highest BCUT2D eigenvalue weighted by Crippen LogP contribution is 2.38. The third kappa shape index (κ3) is 1.85. The second kappa shape index (κ2) is 3.52. The van der Waals surface area contributed by atoms with Crippen molar-refractivity contribution < 1.29 is 8.78 Å². The van der Waals surface area contributed by atoms with Crippen LogP contribution in [0.4, 0.5) is 8.78 Å². The fourth-order valence-corrected chi connectivity index (χ4v) is 3.00. The number of rotatable bonds is 2. The molecule has 3 heteroatoms. The summed E-state index contributed by atoms with van der Waals surface area (Å²) in [6.07, 6.45) is 2.38. The van der Waals surface area contributed by atoms with Crippen LogP contribution < -0.4 is 0 Å². The Morgan fingerprint density at radius 1 is 1.23 bits per heavy atom. The monoisotopic (exact) mass is 189 g/mol. The molecule has 2 rings (SSSR count). The lowest BCUT2D eigenvalue weighted by molar-refractivity contribution is 0.0327. The number of nitrogens with zero attached hydrogens (tertiary/aromatic N) is 1. The zero-order valence-electron chi connectivity index (χ0n) is 8.05. The van der Waals surface area contributed by atoms with Gasteiger partial charge in [0.05, 0.1) is 6.54 Å². The summed E-state index contributed by atoms with van der Waals surface area (Å²) in [4.78, 5) is 2.05. The van der Waals surface area contributed by atoms with Gasteiger partial charge < -0.3 is 0 Å². The third-order valence-corrected chi connectivity index (χ3v) is 3.47. The van der Waals surface area contributed by atoms with Crippen molar-refractivity contribution in [1.82, 2.24) is 4.90 Å². The predicted octanol–water partition coefficient (Wildman–Crippen LogP) is 2.51. The van der Waals surface area contributed by atoms with Crippen LogP contribution in [-0.2, 0) is 0 Å². The first-order valence-electron chi connectivity index (χ1n) is 5.20. The minimum Gasteiger partial charge on any atom is -0.292 e. The molecule has 2 fully saturated rings. The average Bonchev–Trinajstić information content (AvgIpc) is 2.32. The number of piperidine rings is 1. The van der Waals surface area contributed by atoms with Crippen LogP contribution in [-0.4, -0.2) is 30.0 Å². The normalized spacial score (nSPS) is 40.2. The minimum absolute atomic E-state index is 0.00204. The topological polar surface area (TPSA) is 3.24 Å². The van der Waals surface area contributed by atoms with Gasteiger partial charge in [-0.2, -0.15) is 0 Å². The molecule has 0 spiro atoms. The molecule has 0 aromatic rings. The molecule has 0 saturated carbocycles. The fourth-order valence-electron chi connectivity index (χ4n) is 3.00. The van der Waals surface area contributed by atoms with Crippen LogP contribution in [0.25, 0.3) is 0 Å². The summed E-state index contributed by atoms with van der Waals surface area (Å²) >= 11 is 0. The Balaban J connectivity index is 1.98. The molecule has 1 nitrogen and oxygen atoms in total. The van der Waals surface area contributed by atoms with Gasteiger partial charge in [0.15, 0.2) is 0 Å². The van der Waals surface area contributed by atoms with Gasteiger partial charge in [0.1, 0.15) is 0 Å². The van der Waals surface area contributed by atoms with Gasteiger partial charge in [-0.1, -0.05) is 6.92 Å². The quantitative estimate of drug-likeness (QED) is 0.645. The van der Waals surface area contributed by atoms with Gasteiger partial charge in [-0.25, -0.2) is 8.78 Å². The van der Waals surface area contributed by atoms with E-state index < -0.39 is 6.43 Å². The Morgan fingerprint density at radius 3 is 2.23 bits per heavy atom. The highest BCUT2D eigenvalue weighted by atomic mass is 19.3. The molecule has 3 atom stereocenters.